The summed E-state index contributed by atoms with van der Waals surface area (Å²) in [5.74, 6) is 1.17. The minimum Gasteiger partial charge on any atom is -0.497 e. The summed E-state index contributed by atoms with van der Waals surface area (Å²) >= 11 is 0. The zero-order chi connectivity index (χ0) is 16.9. The van der Waals surface area contributed by atoms with Crippen molar-refractivity contribution in [3.63, 3.8) is 0 Å². The molecule has 0 spiro atoms. The van der Waals surface area contributed by atoms with Crippen molar-refractivity contribution in [3.05, 3.63) is 65.9 Å². The molecule has 0 aliphatic rings. The maximum absolute atomic E-state index is 11.9. The molecule has 0 atom stereocenters. The molecule has 0 saturated heterocycles. The van der Waals surface area contributed by atoms with Crippen molar-refractivity contribution in [3.8, 4) is 5.75 Å². The minimum absolute atomic E-state index is 0.389. The van der Waals surface area contributed by atoms with Gasteiger partial charge in [0.1, 0.15) is 11.6 Å². The van der Waals surface area contributed by atoms with Gasteiger partial charge in [-0.05, 0) is 17.7 Å². The predicted octanol–water partition coefficient (Wildman–Crippen LogP) is 3.64. The highest BCUT2D eigenvalue weighted by atomic mass is 16.5. The predicted molar refractivity (Wildman–Crippen MR) is 93.4 cm³/mol. The summed E-state index contributed by atoms with van der Waals surface area (Å²) in [5.41, 5.74) is 1.57. The van der Waals surface area contributed by atoms with Crippen LogP contribution in [-0.4, -0.2) is 25.2 Å². The highest BCUT2D eigenvalue weighted by molar-refractivity contribution is 6.07. The lowest BCUT2D eigenvalue weighted by atomic mass is 10.1. The van der Waals surface area contributed by atoms with E-state index in [0.717, 1.165) is 27.9 Å². The van der Waals surface area contributed by atoms with Crippen molar-refractivity contribution in [2.24, 2.45) is 0 Å². The average molecular weight is 322 g/mol. The van der Waals surface area contributed by atoms with Gasteiger partial charge in [-0.2, -0.15) is 0 Å². The van der Waals surface area contributed by atoms with Crippen LogP contribution in [0.15, 0.2) is 54.7 Å². The number of methoxy groups -OCH3 is 2. The number of nitrogens with one attached hydrogen (secondary N) is 1. The first-order chi connectivity index (χ1) is 11.7. The maximum Gasteiger partial charge on any atom is 0.340 e. The lowest BCUT2D eigenvalue weighted by Crippen LogP contribution is -2.06. The number of hydrogen-bond acceptors (Lipinski definition) is 5. The van der Waals surface area contributed by atoms with Gasteiger partial charge in [-0.25, -0.2) is 9.78 Å². The monoisotopic (exact) mass is 322 g/mol. The Balaban J connectivity index is 1.88. The van der Waals surface area contributed by atoms with Crippen molar-refractivity contribution in [1.29, 1.82) is 0 Å². The topological polar surface area (TPSA) is 60.5 Å². The maximum atomic E-state index is 11.9. The second kappa shape index (κ2) is 7.00. The molecule has 5 heteroatoms. The Morgan fingerprint density at radius 1 is 1.04 bits per heavy atom. The fourth-order valence-electron chi connectivity index (χ4n) is 2.54. The summed E-state index contributed by atoms with van der Waals surface area (Å²) < 4.78 is 9.98. The summed E-state index contributed by atoms with van der Waals surface area (Å²) in [5, 5.41) is 5.02. The number of hydrogen-bond donors (Lipinski definition) is 1. The van der Waals surface area contributed by atoms with Crippen LogP contribution >= 0.6 is 0 Å². The van der Waals surface area contributed by atoms with Crippen LogP contribution in [0, 0.1) is 0 Å². The number of benzene rings is 2. The second-order valence-electron chi connectivity index (χ2n) is 5.26. The molecule has 0 unspecified atom stereocenters. The molecule has 24 heavy (non-hydrogen) atoms. The number of rotatable bonds is 5. The van der Waals surface area contributed by atoms with Crippen molar-refractivity contribution in [2.75, 3.05) is 19.5 Å². The average Bonchev–Trinajstić information content (AvgIpc) is 2.65. The van der Waals surface area contributed by atoms with E-state index in [1.807, 2.05) is 48.5 Å². The first kappa shape index (κ1) is 15.8. The number of carbonyl (C=O) groups excluding carboxylic acids is 1. The molecule has 1 N–H and O–H groups in total. The summed E-state index contributed by atoms with van der Waals surface area (Å²) in [6, 6.07) is 15.5. The molecule has 2 aromatic carbocycles. The number of anilines is 1. The van der Waals surface area contributed by atoms with Crippen molar-refractivity contribution in [2.45, 2.75) is 6.54 Å². The Morgan fingerprint density at radius 2 is 1.75 bits per heavy atom. The van der Waals surface area contributed by atoms with Gasteiger partial charge in [0.15, 0.2) is 0 Å². The van der Waals surface area contributed by atoms with Gasteiger partial charge < -0.3 is 14.8 Å². The van der Waals surface area contributed by atoms with E-state index in [9.17, 15) is 4.79 Å². The van der Waals surface area contributed by atoms with E-state index in [-0.39, 0.29) is 5.97 Å². The first-order valence-electron chi connectivity index (χ1n) is 7.56. The quantitative estimate of drug-likeness (QED) is 0.727. The molecule has 0 bridgehead atoms. The van der Waals surface area contributed by atoms with Gasteiger partial charge in [0, 0.05) is 23.5 Å². The number of carbonyl (C=O) groups is 1. The van der Waals surface area contributed by atoms with Gasteiger partial charge >= 0.3 is 5.97 Å². The number of esters is 1. The fraction of sp³-hybridized carbons (Fsp3) is 0.158. The summed E-state index contributed by atoms with van der Waals surface area (Å²) in [6.45, 7) is 0.624. The fourth-order valence-corrected chi connectivity index (χ4v) is 2.54. The molecule has 0 fully saturated rings. The van der Waals surface area contributed by atoms with Crippen LogP contribution in [-0.2, 0) is 11.3 Å². The van der Waals surface area contributed by atoms with Crippen LogP contribution in [0.3, 0.4) is 0 Å². The lowest BCUT2D eigenvalue weighted by Gasteiger charge is -2.11. The molecule has 0 radical (unpaired) electrons. The second-order valence-corrected chi connectivity index (χ2v) is 5.26. The largest absolute Gasteiger partial charge is 0.497 e. The smallest absolute Gasteiger partial charge is 0.340 e. The summed E-state index contributed by atoms with van der Waals surface area (Å²) in [6.07, 6.45) is 1.55. The van der Waals surface area contributed by atoms with E-state index < -0.39 is 0 Å². The molecule has 0 saturated carbocycles. The van der Waals surface area contributed by atoms with Crippen LogP contribution in [0.1, 0.15) is 15.9 Å². The Morgan fingerprint density at radius 3 is 2.42 bits per heavy atom. The molecule has 5 nitrogen and oxygen atoms in total. The highest BCUT2D eigenvalue weighted by Crippen LogP contribution is 2.25. The van der Waals surface area contributed by atoms with Gasteiger partial charge in [-0.3, -0.25) is 0 Å². The van der Waals surface area contributed by atoms with Crippen LogP contribution < -0.4 is 10.1 Å². The van der Waals surface area contributed by atoms with E-state index in [4.69, 9.17) is 9.47 Å². The van der Waals surface area contributed by atoms with Crippen LogP contribution in [0.4, 0.5) is 5.82 Å². The van der Waals surface area contributed by atoms with Crippen molar-refractivity contribution < 1.29 is 14.3 Å². The SMILES string of the molecule is COC(=O)c1cnc(NCc2ccc(OC)cc2)c2ccccc12. The molecular formula is C19H18N2O3. The number of ether oxygens (including phenoxy) is 2. The van der Waals surface area contributed by atoms with E-state index in [2.05, 4.69) is 10.3 Å². The van der Waals surface area contributed by atoms with Gasteiger partial charge in [-0.1, -0.05) is 36.4 Å². The van der Waals surface area contributed by atoms with Gasteiger partial charge in [0.25, 0.3) is 0 Å². The van der Waals surface area contributed by atoms with Crippen molar-refractivity contribution >= 4 is 22.6 Å². The molecule has 0 aliphatic carbocycles. The number of nitrogens with zero attached hydrogens (tertiary/aromatic N) is 1. The minimum atomic E-state index is -0.389. The Kier molecular flexibility index (Phi) is 4.61. The molecule has 122 valence electrons. The Hall–Kier alpha value is -3.08. The molecule has 1 aromatic heterocycles. The molecular weight excluding hydrogens is 304 g/mol. The van der Waals surface area contributed by atoms with Gasteiger partial charge in [0.05, 0.1) is 19.8 Å². The van der Waals surface area contributed by atoms with Crippen LogP contribution in [0.5, 0.6) is 5.75 Å². The molecule has 0 amide bonds. The Bertz CT molecular complexity index is 860. The first-order valence-corrected chi connectivity index (χ1v) is 7.56. The van der Waals surface area contributed by atoms with E-state index in [1.54, 1.807) is 13.3 Å². The standard InChI is InChI=1S/C19H18N2O3/c1-23-14-9-7-13(8-10-14)11-20-18-16-6-4-3-5-15(16)17(12-21-18)19(22)24-2/h3-10,12H,11H2,1-2H3,(H,20,21). The third-order valence-corrected chi connectivity index (χ3v) is 3.82. The van der Waals surface area contributed by atoms with E-state index in [0.29, 0.717) is 12.1 Å². The highest BCUT2D eigenvalue weighted by Gasteiger charge is 2.13. The molecule has 0 aliphatic heterocycles. The Labute approximate surface area is 140 Å². The van der Waals surface area contributed by atoms with Gasteiger partial charge in [-0.15, -0.1) is 0 Å². The normalized spacial score (nSPS) is 10.4. The van der Waals surface area contributed by atoms with Crippen LogP contribution in [0.2, 0.25) is 0 Å². The van der Waals surface area contributed by atoms with E-state index >= 15 is 0 Å². The third-order valence-electron chi connectivity index (χ3n) is 3.82. The van der Waals surface area contributed by atoms with Gasteiger partial charge in [0.2, 0.25) is 0 Å². The van der Waals surface area contributed by atoms with Crippen LogP contribution in [0.25, 0.3) is 10.8 Å². The lowest BCUT2D eigenvalue weighted by molar-refractivity contribution is 0.0602. The van der Waals surface area contributed by atoms with Crippen molar-refractivity contribution in [1.82, 2.24) is 4.98 Å². The van der Waals surface area contributed by atoms with E-state index in [1.165, 1.54) is 7.11 Å². The zero-order valence-corrected chi connectivity index (χ0v) is 13.6. The third kappa shape index (κ3) is 3.15. The molecule has 3 rings (SSSR count). The summed E-state index contributed by atoms with van der Waals surface area (Å²) in [4.78, 5) is 16.3. The zero-order valence-electron chi connectivity index (χ0n) is 13.6. The number of pyridine rings is 1. The molecule has 1 heterocycles. The molecule has 3 aromatic rings. The summed E-state index contributed by atoms with van der Waals surface area (Å²) in [7, 11) is 3.01. The number of fused-ring (bicyclic) bond motifs is 1. The number of aromatic nitrogens is 1.